The van der Waals surface area contributed by atoms with Crippen molar-refractivity contribution in [1.82, 2.24) is 10.2 Å². The van der Waals surface area contributed by atoms with Gasteiger partial charge in [0, 0.05) is 13.0 Å². The van der Waals surface area contributed by atoms with E-state index < -0.39 is 0 Å². The number of rotatable bonds is 8. The summed E-state index contributed by atoms with van der Waals surface area (Å²) in [5.74, 6) is -0.307. The van der Waals surface area contributed by atoms with Gasteiger partial charge in [-0.1, -0.05) is 12.1 Å². The molecule has 1 N–H and O–H groups in total. The number of hydrogen-bond acceptors (Lipinski definition) is 4. The average Bonchev–Trinajstić information content (AvgIpc) is 2.64. The third kappa shape index (κ3) is 6.82. The predicted molar refractivity (Wildman–Crippen MR) is 93.5 cm³/mol. The van der Waals surface area contributed by atoms with E-state index >= 15 is 0 Å². The van der Waals surface area contributed by atoms with E-state index in [9.17, 15) is 14.0 Å². The van der Waals surface area contributed by atoms with E-state index in [1.54, 1.807) is 12.1 Å². The Balaban J connectivity index is 1.53. The molecule has 0 saturated carbocycles. The van der Waals surface area contributed by atoms with Crippen LogP contribution in [0.4, 0.5) is 4.39 Å². The highest BCUT2D eigenvalue weighted by atomic mass is 19.1. The summed E-state index contributed by atoms with van der Waals surface area (Å²) in [7, 11) is 1.44. The van der Waals surface area contributed by atoms with Gasteiger partial charge in [-0.15, -0.1) is 0 Å². The summed E-state index contributed by atoms with van der Waals surface area (Å²) in [5.41, 5.74) is 0.963. The van der Waals surface area contributed by atoms with Crippen molar-refractivity contribution in [3.63, 3.8) is 0 Å². The number of piperidine rings is 1. The fourth-order valence-electron chi connectivity index (χ4n) is 3.09. The standard InChI is InChI=1S/C19H27FN2O3/c1-25-19(24)16-9-13-22(14-10-16)12-2-11-21-18(23)8-5-15-3-6-17(20)7-4-15/h3-4,6-7,16H,2,5,8-14H2,1H3,(H,21,23). The number of aryl methyl sites for hydroxylation is 1. The second-order valence-electron chi connectivity index (χ2n) is 6.47. The van der Waals surface area contributed by atoms with Gasteiger partial charge in [0.2, 0.25) is 5.91 Å². The van der Waals surface area contributed by atoms with Crippen LogP contribution in [0.15, 0.2) is 24.3 Å². The van der Waals surface area contributed by atoms with Gasteiger partial charge in [0.25, 0.3) is 0 Å². The Hall–Kier alpha value is -1.95. The zero-order chi connectivity index (χ0) is 18.1. The number of ether oxygens (including phenoxy) is 1. The lowest BCUT2D eigenvalue weighted by molar-refractivity contribution is -0.147. The van der Waals surface area contributed by atoms with Crippen molar-refractivity contribution in [3.05, 3.63) is 35.6 Å². The molecule has 1 heterocycles. The van der Waals surface area contributed by atoms with Gasteiger partial charge in [0.15, 0.2) is 0 Å². The van der Waals surface area contributed by atoms with Gasteiger partial charge in [-0.2, -0.15) is 0 Å². The minimum Gasteiger partial charge on any atom is -0.469 e. The SMILES string of the molecule is COC(=O)C1CCN(CCCNC(=O)CCc2ccc(F)cc2)CC1. The van der Waals surface area contributed by atoms with Crippen LogP contribution in [0, 0.1) is 11.7 Å². The summed E-state index contributed by atoms with van der Waals surface area (Å²) in [6.45, 7) is 3.38. The van der Waals surface area contributed by atoms with Crippen LogP contribution in [0.2, 0.25) is 0 Å². The topological polar surface area (TPSA) is 58.6 Å². The van der Waals surface area contributed by atoms with Crippen LogP contribution in [-0.2, 0) is 20.7 Å². The number of halogens is 1. The van der Waals surface area contributed by atoms with Gasteiger partial charge in [-0.3, -0.25) is 9.59 Å². The number of carbonyl (C=O) groups is 2. The van der Waals surface area contributed by atoms with Gasteiger partial charge in [-0.05, 0) is 63.0 Å². The molecular formula is C19H27FN2O3. The first-order valence-corrected chi connectivity index (χ1v) is 8.90. The number of amides is 1. The van der Waals surface area contributed by atoms with Crippen molar-refractivity contribution in [2.24, 2.45) is 5.92 Å². The van der Waals surface area contributed by atoms with Crippen LogP contribution in [0.5, 0.6) is 0 Å². The zero-order valence-corrected chi connectivity index (χ0v) is 14.8. The number of benzene rings is 1. The monoisotopic (exact) mass is 350 g/mol. The van der Waals surface area contributed by atoms with Crippen molar-refractivity contribution in [1.29, 1.82) is 0 Å². The van der Waals surface area contributed by atoms with Crippen LogP contribution in [0.1, 0.15) is 31.2 Å². The molecule has 2 rings (SSSR count). The maximum absolute atomic E-state index is 12.8. The maximum atomic E-state index is 12.8. The molecule has 1 aromatic carbocycles. The number of methoxy groups -OCH3 is 1. The number of nitrogens with one attached hydrogen (secondary N) is 1. The highest BCUT2D eigenvalue weighted by molar-refractivity contribution is 5.76. The van der Waals surface area contributed by atoms with Crippen molar-refractivity contribution >= 4 is 11.9 Å². The van der Waals surface area contributed by atoms with Gasteiger partial charge in [-0.25, -0.2) is 4.39 Å². The molecule has 0 aromatic heterocycles. The molecule has 1 fully saturated rings. The fraction of sp³-hybridized carbons (Fsp3) is 0.579. The van der Waals surface area contributed by atoms with Gasteiger partial charge in [0.1, 0.15) is 5.82 Å². The summed E-state index contributed by atoms with van der Waals surface area (Å²) in [6, 6.07) is 6.24. The van der Waals surface area contributed by atoms with Crippen molar-refractivity contribution in [3.8, 4) is 0 Å². The van der Waals surface area contributed by atoms with E-state index in [2.05, 4.69) is 10.2 Å². The Morgan fingerprint density at radius 3 is 2.56 bits per heavy atom. The quantitative estimate of drug-likeness (QED) is 0.577. The van der Waals surface area contributed by atoms with Crippen molar-refractivity contribution < 1.29 is 18.7 Å². The molecule has 6 heteroatoms. The summed E-state index contributed by atoms with van der Waals surface area (Å²) >= 11 is 0. The highest BCUT2D eigenvalue weighted by Crippen LogP contribution is 2.18. The summed E-state index contributed by atoms with van der Waals surface area (Å²) in [4.78, 5) is 25.6. The lowest BCUT2D eigenvalue weighted by Crippen LogP contribution is -2.38. The lowest BCUT2D eigenvalue weighted by atomic mass is 9.97. The Labute approximate surface area is 148 Å². The van der Waals surface area contributed by atoms with Gasteiger partial charge in [0.05, 0.1) is 13.0 Å². The van der Waals surface area contributed by atoms with Gasteiger partial charge < -0.3 is 15.0 Å². The lowest BCUT2D eigenvalue weighted by Gasteiger charge is -2.30. The van der Waals surface area contributed by atoms with Crippen molar-refractivity contribution in [2.75, 3.05) is 33.3 Å². The van der Waals surface area contributed by atoms with E-state index in [4.69, 9.17) is 4.74 Å². The molecule has 0 atom stereocenters. The second kappa shape index (κ2) is 10.1. The Morgan fingerprint density at radius 1 is 1.24 bits per heavy atom. The molecule has 0 radical (unpaired) electrons. The second-order valence-corrected chi connectivity index (χ2v) is 6.47. The number of likely N-dealkylation sites (tertiary alicyclic amines) is 1. The predicted octanol–water partition coefficient (Wildman–Crippen LogP) is 2.15. The number of nitrogens with zero attached hydrogens (tertiary/aromatic N) is 1. The molecule has 1 amide bonds. The first-order chi connectivity index (χ1) is 12.1. The average molecular weight is 350 g/mol. The third-order valence-corrected chi connectivity index (χ3v) is 4.65. The van der Waals surface area contributed by atoms with Gasteiger partial charge >= 0.3 is 5.97 Å². The molecule has 0 spiro atoms. The van der Waals surface area contributed by atoms with Crippen LogP contribution in [0.3, 0.4) is 0 Å². The van der Waals surface area contributed by atoms with Crippen LogP contribution in [0.25, 0.3) is 0 Å². The molecular weight excluding hydrogens is 323 g/mol. The van der Waals surface area contributed by atoms with Crippen LogP contribution < -0.4 is 5.32 Å². The molecule has 1 saturated heterocycles. The Kier molecular flexibility index (Phi) is 7.85. The van der Waals surface area contributed by atoms with E-state index in [-0.39, 0.29) is 23.6 Å². The first kappa shape index (κ1) is 19.4. The largest absolute Gasteiger partial charge is 0.469 e. The summed E-state index contributed by atoms with van der Waals surface area (Å²) in [6.07, 6.45) is 3.61. The molecule has 1 aliphatic heterocycles. The molecule has 25 heavy (non-hydrogen) atoms. The van der Waals surface area contributed by atoms with Crippen LogP contribution >= 0.6 is 0 Å². The Morgan fingerprint density at radius 2 is 1.92 bits per heavy atom. The van der Waals surface area contributed by atoms with E-state index in [0.717, 1.165) is 44.5 Å². The first-order valence-electron chi connectivity index (χ1n) is 8.90. The third-order valence-electron chi connectivity index (χ3n) is 4.65. The summed E-state index contributed by atoms with van der Waals surface area (Å²) < 4.78 is 17.6. The minimum absolute atomic E-state index is 0.0220. The molecule has 138 valence electrons. The van der Waals surface area contributed by atoms with E-state index in [1.165, 1.54) is 19.2 Å². The molecule has 0 bridgehead atoms. The smallest absolute Gasteiger partial charge is 0.308 e. The maximum Gasteiger partial charge on any atom is 0.308 e. The molecule has 5 nitrogen and oxygen atoms in total. The normalized spacial score (nSPS) is 15.8. The van der Waals surface area contributed by atoms with Crippen LogP contribution in [-0.4, -0.2) is 50.1 Å². The van der Waals surface area contributed by atoms with E-state index in [1.807, 2.05) is 0 Å². The molecule has 0 unspecified atom stereocenters. The van der Waals surface area contributed by atoms with Crippen molar-refractivity contribution in [2.45, 2.75) is 32.1 Å². The molecule has 1 aliphatic rings. The number of esters is 1. The molecule has 0 aliphatic carbocycles. The fourth-order valence-corrected chi connectivity index (χ4v) is 3.09. The van der Waals surface area contributed by atoms with E-state index in [0.29, 0.717) is 19.4 Å². The number of carbonyl (C=O) groups excluding carboxylic acids is 2. The highest BCUT2D eigenvalue weighted by Gasteiger charge is 2.25. The zero-order valence-electron chi connectivity index (χ0n) is 14.8. The molecule has 1 aromatic rings. The summed E-state index contributed by atoms with van der Waals surface area (Å²) in [5, 5.41) is 2.93. The number of hydrogen-bond donors (Lipinski definition) is 1. The Bertz CT molecular complexity index is 554. The minimum atomic E-state index is -0.260.